The summed E-state index contributed by atoms with van der Waals surface area (Å²) in [6.45, 7) is 1.98. The van der Waals surface area contributed by atoms with Gasteiger partial charge in [0.1, 0.15) is 6.10 Å². The second-order valence-corrected chi connectivity index (χ2v) is 4.14. The van der Waals surface area contributed by atoms with E-state index >= 15 is 0 Å². The number of ether oxygens (including phenoxy) is 1. The minimum Gasteiger partial charge on any atom is -0.461 e. The van der Waals surface area contributed by atoms with E-state index in [-0.39, 0.29) is 23.2 Å². The fraction of sp³-hybridized carbons (Fsp3) is 0.750. The normalized spacial score (nSPS) is 27.3. The van der Waals surface area contributed by atoms with Crippen LogP contribution in [0.3, 0.4) is 0 Å². The Morgan fingerprint density at radius 3 is 3.00 bits per heavy atom. The van der Waals surface area contributed by atoms with Gasteiger partial charge in [0, 0.05) is 5.75 Å². The molecule has 0 aliphatic carbocycles. The molecule has 4 nitrogen and oxygen atoms in total. The Balaban J connectivity index is 2.31. The van der Waals surface area contributed by atoms with Crippen LogP contribution in [0.25, 0.3) is 0 Å². The van der Waals surface area contributed by atoms with Crippen molar-refractivity contribution in [1.82, 2.24) is 0 Å². The van der Waals surface area contributed by atoms with E-state index < -0.39 is 0 Å². The second-order valence-electron chi connectivity index (χ2n) is 3.08. The Kier molecular flexibility index (Phi) is 3.59. The molecule has 0 aromatic heterocycles. The lowest BCUT2D eigenvalue weighted by Gasteiger charge is -2.06. The predicted molar refractivity (Wildman–Crippen MR) is 52.7 cm³/mol. The van der Waals surface area contributed by atoms with Crippen LogP contribution in [0, 0.1) is 11.3 Å². The highest BCUT2D eigenvalue weighted by Crippen LogP contribution is 2.25. The average Bonchev–Trinajstić information content (AvgIpc) is 2.43. The van der Waals surface area contributed by atoms with Crippen LogP contribution in [0.4, 0.5) is 0 Å². The van der Waals surface area contributed by atoms with Crippen molar-refractivity contribution >= 4 is 22.9 Å². The lowest BCUT2D eigenvalue weighted by atomic mass is 10.0. The molecule has 1 aliphatic rings. The van der Waals surface area contributed by atoms with Crippen molar-refractivity contribution in [2.75, 3.05) is 5.75 Å². The number of cyclic esters (lactones) is 1. The van der Waals surface area contributed by atoms with Crippen LogP contribution in [0.15, 0.2) is 0 Å². The number of hydrogen-bond donors (Lipinski definition) is 2. The summed E-state index contributed by atoms with van der Waals surface area (Å²) in [5.41, 5.74) is 5.18. The standard InChI is InChI=1S/C8H14N2O2S/c1-2-5-3-6(12-7(5)11)4-13-8(9)10/h5-6H,2-4H2,1H3,(H3,9,10)/t5-,6+/m0/s1. The summed E-state index contributed by atoms with van der Waals surface area (Å²) in [4.78, 5) is 11.1. The van der Waals surface area contributed by atoms with Gasteiger partial charge in [0.05, 0.1) is 5.92 Å². The first-order valence-corrected chi connectivity index (χ1v) is 5.29. The van der Waals surface area contributed by atoms with Gasteiger partial charge in [-0.3, -0.25) is 10.2 Å². The minimum atomic E-state index is -0.100. The summed E-state index contributed by atoms with van der Waals surface area (Å²) in [5.74, 6) is 0.562. The first-order valence-electron chi connectivity index (χ1n) is 4.30. The summed E-state index contributed by atoms with van der Waals surface area (Å²) >= 11 is 1.23. The van der Waals surface area contributed by atoms with Gasteiger partial charge in [0.25, 0.3) is 0 Å². The number of carbonyl (C=O) groups excluding carboxylic acids is 1. The smallest absolute Gasteiger partial charge is 0.309 e. The van der Waals surface area contributed by atoms with Gasteiger partial charge in [-0.05, 0) is 12.8 Å². The monoisotopic (exact) mass is 202 g/mol. The lowest BCUT2D eigenvalue weighted by Crippen LogP contribution is -2.14. The Morgan fingerprint density at radius 1 is 1.85 bits per heavy atom. The molecule has 0 amide bonds. The molecule has 5 heteroatoms. The summed E-state index contributed by atoms with van der Waals surface area (Å²) in [7, 11) is 0. The van der Waals surface area contributed by atoms with Crippen molar-refractivity contribution in [2.24, 2.45) is 11.7 Å². The Labute approximate surface area is 81.7 Å². The van der Waals surface area contributed by atoms with E-state index in [1.807, 2.05) is 6.92 Å². The van der Waals surface area contributed by atoms with Crippen molar-refractivity contribution in [3.63, 3.8) is 0 Å². The van der Waals surface area contributed by atoms with Crippen molar-refractivity contribution in [1.29, 1.82) is 5.41 Å². The minimum absolute atomic E-state index is 0.0497. The average molecular weight is 202 g/mol. The molecule has 0 spiro atoms. The number of nitrogens with one attached hydrogen (secondary N) is 1. The van der Waals surface area contributed by atoms with Gasteiger partial charge in [-0.1, -0.05) is 18.7 Å². The zero-order valence-electron chi connectivity index (χ0n) is 7.58. The Bertz CT molecular complexity index is 220. The highest BCUT2D eigenvalue weighted by molar-refractivity contribution is 8.13. The van der Waals surface area contributed by atoms with Crippen molar-refractivity contribution in [2.45, 2.75) is 25.9 Å². The maximum absolute atomic E-state index is 11.1. The van der Waals surface area contributed by atoms with E-state index in [1.165, 1.54) is 11.8 Å². The molecule has 13 heavy (non-hydrogen) atoms. The predicted octanol–water partition coefficient (Wildman–Crippen LogP) is 0.955. The molecule has 74 valence electrons. The molecule has 0 saturated carbocycles. The van der Waals surface area contributed by atoms with Crippen LogP contribution < -0.4 is 5.73 Å². The number of rotatable bonds is 3. The zero-order chi connectivity index (χ0) is 9.84. The molecule has 1 aliphatic heterocycles. The highest BCUT2D eigenvalue weighted by Gasteiger charge is 2.32. The molecule has 1 saturated heterocycles. The van der Waals surface area contributed by atoms with E-state index in [9.17, 15) is 4.79 Å². The number of carbonyl (C=O) groups is 1. The number of nitrogens with two attached hydrogens (primary N) is 1. The van der Waals surface area contributed by atoms with Crippen LogP contribution in [-0.2, 0) is 9.53 Å². The van der Waals surface area contributed by atoms with Crippen LogP contribution >= 0.6 is 11.8 Å². The van der Waals surface area contributed by atoms with E-state index in [0.717, 1.165) is 12.8 Å². The molecule has 2 atom stereocenters. The third-order valence-corrected chi connectivity index (χ3v) is 2.93. The molecule has 1 heterocycles. The van der Waals surface area contributed by atoms with E-state index in [4.69, 9.17) is 15.9 Å². The molecular formula is C8H14N2O2S. The fourth-order valence-corrected chi connectivity index (χ4v) is 1.91. The summed E-state index contributed by atoms with van der Waals surface area (Å²) in [6, 6.07) is 0. The van der Waals surface area contributed by atoms with Gasteiger partial charge in [-0.15, -0.1) is 0 Å². The summed E-state index contributed by atoms with van der Waals surface area (Å²) in [6.07, 6.45) is 1.56. The molecule has 0 bridgehead atoms. The van der Waals surface area contributed by atoms with Crippen LogP contribution in [0.1, 0.15) is 19.8 Å². The third kappa shape index (κ3) is 2.91. The first-order chi connectivity index (χ1) is 6.13. The van der Waals surface area contributed by atoms with E-state index in [1.54, 1.807) is 0 Å². The molecule has 0 radical (unpaired) electrons. The van der Waals surface area contributed by atoms with E-state index in [2.05, 4.69) is 0 Å². The molecule has 0 aromatic carbocycles. The molecule has 0 unspecified atom stereocenters. The number of hydrogen-bond acceptors (Lipinski definition) is 4. The molecule has 1 rings (SSSR count). The fourth-order valence-electron chi connectivity index (χ4n) is 1.34. The SMILES string of the molecule is CC[C@H]1C[C@H](CSC(=N)N)OC1=O. The molecular weight excluding hydrogens is 188 g/mol. The van der Waals surface area contributed by atoms with Gasteiger partial charge in [-0.25, -0.2) is 0 Å². The Hall–Kier alpha value is -0.710. The highest BCUT2D eigenvalue weighted by atomic mass is 32.2. The molecule has 3 N–H and O–H groups in total. The summed E-state index contributed by atoms with van der Waals surface area (Å²) < 4.78 is 5.10. The van der Waals surface area contributed by atoms with Crippen LogP contribution in [0.2, 0.25) is 0 Å². The van der Waals surface area contributed by atoms with Gasteiger partial charge >= 0.3 is 5.97 Å². The first kappa shape index (κ1) is 10.4. The van der Waals surface area contributed by atoms with Crippen LogP contribution in [0.5, 0.6) is 0 Å². The topological polar surface area (TPSA) is 76.2 Å². The number of esters is 1. The van der Waals surface area contributed by atoms with Crippen molar-refractivity contribution in [3.05, 3.63) is 0 Å². The zero-order valence-corrected chi connectivity index (χ0v) is 8.39. The maximum Gasteiger partial charge on any atom is 0.309 e. The van der Waals surface area contributed by atoms with Crippen molar-refractivity contribution < 1.29 is 9.53 Å². The third-order valence-electron chi connectivity index (χ3n) is 2.08. The van der Waals surface area contributed by atoms with Crippen molar-refractivity contribution in [3.8, 4) is 0 Å². The van der Waals surface area contributed by atoms with Gasteiger partial charge in [-0.2, -0.15) is 0 Å². The molecule has 1 fully saturated rings. The van der Waals surface area contributed by atoms with Gasteiger partial charge < -0.3 is 10.5 Å². The Morgan fingerprint density at radius 2 is 2.54 bits per heavy atom. The van der Waals surface area contributed by atoms with Crippen LogP contribution in [-0.4, -0.2) is 23.0 Å². The number of amidine groups is 1. The maximum atomic E-state index is 11.1. The number of thioether (sulfide) groups is 1. The van der Waals surface area contributed by atoms with Gasteiger partial charge in [0.15, 0.2) is 5.17 Å². The molecule has 0 aromatic rings. The summed E-state index contributed by atoms with van der Waals surface area (Å²) in [5, 5.41) is 7.08. The van der Waals surface area contributed by atoms with E-state index in [0.29, 0.717) is 5.75 Å². The second kappa shape index (κ2) is 4.50. The quantitative estimate of drug-likeness (QED) is 0.406. The lowest BCUT2D eigenvalue weighted by molar-refractivity contribution is -0.143. The van der Waals surface area contributed by atoms with Gasteiger partial charge in [0.2, 0.25) is 0 Å². The largest absolute Gasteiger partial charge is 0.461 e.